The second-order valence-corrected chi connectivity index (χ2v) is 5.41. The van der Waals surface area contributed by atoms with Gasteiger partial charge in [0.15, 0.2) is 12.2 Å². The van der Waals surface area contributed by atoms with Gasteiger partial charge in [-0.2, -0.15) is 0 Å². The van der Waals surface area contributed by atoms with Gasteiger partial charge >= 0.3 is 23.9 Å². The number of ether oxygens (including phenoxy) is 5. The van der Waals surface area contributed by atoms with Crippen molar-refractivity contribution in [2.24, 2.45) is 5.73 Å². The van der Waals surface area contributed by atoms with Crippen molar-refractivity contribution in [1.29, 1.82) is 0 Å². The summed E-state index contributed by atoms with van der Waals surface area (Å²) in [6.07, 6.45) is -6.04. The van der Waals surface area contributed by atoms with Crippen LogP contribution in [0.5, 0.6) is 0 Å². The molecule has 1 aliphatic heterocycles. The Hall–Kier alpha value is -2.24. The molecule has 0 aliphatic carbocycles. The second kappa shape index (κ2) is 8.23. The van der Waals surface area contributed by atoms with Gasteiger partial charge < -0.3 is 28.8 Å². The van der Waals surface area contributed by atoms with Crippen LogP contribution in [0.25, 0.3) is 0 Å². The minimum absolute atomic E-state index is 0.432. The van der Waals surface area contributed by atoms with E-state index in [2.05, 4.69) is 0 Å². The highest BCUT2D eigenvalue weighted by Gasteiger charge is 2.59. The van der Waals surface area contributed by atoms with E-state index in [1.165, 1.54) is 0 Å². The summed E-state index contributed by atoms with van der Waals surface area (Å²) >= 11 is 0. The highest BCUT2D eigenvalue weighted by molar-refractivity contribution is 5.68. The van der Waals surface area contributed by atoms with E-state index in [0.29, 0.717) is 0 Å². The van der Waals surface area contributed by atoms with Crippen molar-refractivity contribution in [2.45, 2.75) is 58.0 Å². The maximum Gasteiger partial charge on any atom is 0.305 e. The molecule has 142 valence electrons. The summed E-state index contributed by atoms with van der Waals surface area (Å²) in [5, 5.41) is 10.5. The Balaban J connectivity index is 3.22. The maximum absolute atomic E-state index is 11.4. The number of aliphatic hydroxyl groups is 1. The van der Waals surface area contributed by atoms with Gasteiger partial charge in [0.05, 0.1) is 0 Å². The van der Waals surface area contributed by atoms with E-state index < -0.39 is 60.8 Å². The Bertz CT molecular complexity index is 546. The summed E-state index contributed by atoms with van der Waals surface area (Å²) < 4.78 is 24.9. The normalized spacial score (nSPS) is 31.6. The fourth-order valence-corrected chi connectivity index (χ4v) is 2.21. The lowest BCUT2D eigenvalue weighted by Crippen LogP contribution is -2.73. The summed E-state index contributed by atoms with van der Waals surface area (Å²) in [4.78, 5) is 45.0. The van der Waals surface area contributed by atoms with Crippen molar-refractivity contribution >= 4 is 23.9 Å². The van der Waals surface area contributed by atoms with Crippen molar-refractivity contribution in [3.8, 4) is 0 Å². The first kappa shape index (κ1) is 20.8. The molecule has 1 saturated heterocycles. The van der Waals surface area contributed by atoms with Crippen LogP contribution in [0, 0.1) is 0 Å². The highest BCUT2D eigenvalue weighted by Crippen LogP contribution is 2.32. The zero-order valence-electron chi connectivity index (χ0n) is 14.2. The molecule has 0 spiro atoms. The van der Waals surface area contributed by atoms with Gasteiger partial charge in [-0.1, -0.05) is 0 Å². The van der Waals surface area contributed by atoms with Gasteiger partial charge in [0.1, 0.15) is 12.7 Å². The third-order valence-electron chi connectivity index (χ3n) is 3.12. The van der Waals surface area contributed by atoms with Crippen LogP contribution in [0.4, 0.5) is 0 Å². The van der Waals surface area contributed by atoms with E-state index in [1.807, 2.05) is 0 Å². The number of carbonyl (C=O) groups is 4. The highest BCUT2D eigenvalue weighted by atomic mass is 16.7. The first-order valence-electron chi connectivity index (χ1n) is 7.26. The molecule has 11 nitrogen and oxygen atoms in total. The Labute approximate surface area is 143 Å². The largest absolute Gasteiger partial charge is 0.463 e. The number of hydrogen-bond donors (Lipinski definition) is 2. The topological polar surface area (TPSA) is 161 Å². The van der Waals surface area contributed by atoms with Crippen LogP contribution in [0.1, 0.15) is 27.7 Å². The minimum Gasteiger partial charge on any atom is -0.463 e. The Kier molecular flexibility index (Phi) is 6.85. The number of carbonyl (C=O) groups excluding carboxylic acids is 4. The van der Waals surface area contributed by atoms with Gasteiger partial charge in [0.25, 0.3) is 0 Å². The van der Waals surface area contributed by atoms with E-state index in [0.717, 1.165) is 27.7 Å². The molecule has 1 rings (SSSR count). The van der Waals surface area contributed by atoms with Gasteiger partial charge in [0.2, 0.25) is 12.0 Å². The quantitative estimate of drug-likeness (QED) is 0.327. The summed E-state index contributed by atoms with van der Waals surface area (Å²) in [6, 6.07) is 0. The third-order valence-corrected chi connectivity index (χ3v) is 3.12. The lowest BCUT2D eigenvalue weighted by atomic mass is 9.93. The van der Waals surface area contributed by atoms with Crippen LogP contribution >= 0.6 is 0 Å². The Morgan fingerprint density at radius 1 is 0.960 bits per heavy atom. The minimum atomic E-state index is -2.52. The molecule has 0 aromatic heterocycles. The molecule has 5 atom stereocenters. The van der Waals surface area contributed by atoms with Crippen molar-refractivity contribution in [1.82, 2.24) is 0 Å². The molecule has 11 heteroatoms. The van der Waals surface area contributed by atoms with E-state index in [-0.39, 0.29) is 0 Å². The van der Waals surface area contributed by atoms with Gasteiger partial charge in [0, 0.05) is 27.7 Å². The Morgan fingerprint density at radius 2 is 1.48 bits per heavy atom. The number of hydrogen-bond acceptors (Lipinski definition) is 11. The fourth-order valence-electron chi connectivity index (χ4n) is 2.21. The van der Waals surface area contributed by atoms with Crippen LogP contribution in [-0.4, -0.2) is 65.9 Å². The maximum atomic E-state index is 11.4. The first-order chi connectivity index (χ1) is 11.4. The van der Waals surface area contributed by atoms with Gasteiger partial charge in [-0.3, -0.25) is 24.9 Å². The van der Waals surface area contributed by atoms with E-state index in [4.69, 9.17) is 29.4 Å². The summed E-state index contributed by atoms with van der Waals surface area (Å²) in [6.45, 7) is 3.86. The van der Waals surface area contributed by atoms with Crippen LogP contribution in [0.15, 0.2) is 0 Å². The van der Waals surface area contributed by atoms with Crippen molar-refractivity contribution in [3.63, 3.8) is 0 Å². The van der Waals surface area contributed by atoms with Gasteiger partial charge in [-0.05, 0) is 0 Å². The predicted molar refractivity (Wildman–Crippen MR) is 77.3 cm³/mol. The molecule has 0 saturated carbocycles. The molecule has 0 bridgehead atoms. The first-order valence-corrected chi connectivity index (χ1v) is 7.26. The van der Waals surface area contributed by atoms with Gasteiger partial charge in [-0.15, -0.1) is 0 Å². The molecule has 0 aromatic rings. The smallest absolute Gasteiger partial charge is 0.305 e. The van der Waals surface area contributed by atoms with E-state index in [9.17, 15) is 24.3 Å². The number of nitrogens with two attached hydrogens (primary N) is 1. The Morgan fingerprint density at radius 3 is 1.92 bits per heavy atom. The molecular formula is C14H21NO10. The summed E-state index contributed by atoms with van der Waals surface area (Å²) in [7, 11) is 0. The molecular weight excluding hydrogens is 342 g/mol. The molecule has 1 heterocycles. The lowest BCUT2D eigenvalue weighted by Gasteiger charge is -2.47. The molecule has 1 fully saturated rings. The molecule has 0 amide bonds. The average Bonchev–Trinajstić information content (AvgIpc) is 2.43. The zero-order chi connectivity index (χ0) is 19.4. The van der Waals surface area contributed by atoms with Crippen LogP contribution in [-0.2, 0) is 42.9 Å². The van der Waals surface area contributed by atoms with E-state index in [1.54, 1.807) is 0 Å². The molecule has 25 heavy (non-hydrogen) atoms. The van der Waals surface area contributed by atoms with Crippen LogP contribution in [0.2, 0.25) is 0 Å². The monoisotopic (exact) mass is 363 g/mol. The number of esters is 4. The van der Waals surface area contributed by atoms with Crippen molar-refractivity contribution in [3.05, 3.63) is 0 Å². The van der Waals surface area contributed by atoms with Crippen LogP contribution < -0.4 is 5.73 Å². The molecule has 0 aromatic carbocycles. The molecule has 0 unspecified atom stereocenters. The van der Waals surface area contributed by atoms with E-state index >= 15 is 0 Å². The van der Waals surface area contributed by atoms with Crippen molar-refractivity contribution in [2.75, 3.05) is 6.61 Å². The number of rotatable bonds is 5. The second-order valence-electron chi connectivity index (χ2n) is 5.41. The molecule has 0 radical (unpaired) electrons. The fraction of sp³-hybridized carbons (Fsp3) is 0.714. The SMILES string of the molecule is CC(=O)OC[C@H]1O[C@H](OC(C)=O)[C@](N)(O)[C@@H](OC(C)=O)[C@@H]1OC(C)=O. The summed E-state index contributed by atoms with van der Waals surface area (Å²) in [5.41, 5.74) is 3.20. The molecule has 3 N–H and O–H groups in total. The zero-order valence-corrected chi connectivity index (χ0v) is 14.2. The van der Waals surface area contributed by atoms with Crippen molar-refractivity contribution < 1.29 is 48.0 Å². The lowest BCUT2D eigenvalue weighted by molar-refractivity contribution is -0.333. The standard InChI is InChI=1S/C14H21NO10/c1-6(16)21-5-10-11(22-7(2)17)12(23-8(3)18)14(15,20)13(25-10)24-9(4)19/h10-13,20H,5,15H2,1-4H3/t10-,11-,12+,13+,14-/m1/s1. The summed E-state index contributed by atoms with van der Waals surface area (Å²) in [5.74, 6) is -3.14. The van der Waals surface area contributed by atoms with Crippen LogP contribution in [0.3, 0.4) is 0 Å². The third kappa shape index (κ3) is 5.66. The average molecular weight is 363 g/mol. The van der Waals surface area contributed by atoms with Gasteiger partial charge in [-0.25, -0.2) is 0 Å². The molecule has 1 aliphatic rings. The predicted octanol–water partition coefficient (Wildman–Crippen LogP) is -1.65.